The average molecular weight is 634 g/mol. The lowest BCUT2D eigenvalue weighted by atomic mass is 9.33. The van der Waals surface area contributed by atoms with Gasteiger partial charge in [-0.2, -0.15) is 0 Å². The molecule has 0 radical (unpaired) electrons. The number of carbonyl (C=O) groups excluding carboxylic acids is 1. The maximum Gasteiger partial charge on any atom is 0.231 e. The van der Waals surface area contributed by atoms with E-state index in [1.807, 2.05) is 0 Å². The number of ether oxygens (including phenoxy) is 1. The summed E-state index contributed by atoms with van der Waals surface area (Å²) in [6.07, 6.45) is 1.21. The highest BCUT2D eigenvalue weighted by Gasteiger charge is 2.71. The van der Waals surface area contributed by atoms with Crippen LogP contribution in [-0.4, -0.2) is 86.0 Å². The third kappa shape index (κ3) is 4.54. The molecule has 2 unspecified atom stereocenters. The van der Waals surface area contributed by atoms with Gasteiger partial charge in [0.25, 0.3) is 0 Å². The molecule has 0 aromatic carbocycles. The molecule has 0 aromatic rings. The highest BCUT2D eigenvalue weighted by atomic mass is 16.6. The Kier molecular flexibility index (Phi) is 8.05. The molecule has 6 aliphatic rings. The van der Waals surface area contributed by atoms with E-state index in [2.05, 4.69) is 59.9 Å². The lowest BCUT2D eigenvalue weighted by Crippen LogP contribution is -2.70. The first kappa shape index (κ1) is 33.8. The normalized spacial score (nSPS) is 53.6. The maximum absolute atomic E-state index is 14.5. The Bertz CT molecular complexity index is 1220. The summed E-state index contributed by atoms with van der Waals surface area (Å²) in [6.45, 7) is 15.6. The Morgan fingerprint density at radius 1 is 0.844 bits per heavy atom. The van der Waals surface area contributed by atoms with Crippen LogP contribution in [0.15, 0.2) is 11.6 Å². The molecule has 0 spiro atoms. The Morgan fingerprint density at radius 3 is 2.20 bits per heavy atom. The topological polar surface area (TPSA) is 160 Å². The fraction of sp³-hybridized carbons (Fsp3) is 0.917. The molecule has 4 saturated carbocycles. The van der Waals surface area contributed by atoms with Crippen LogP contribution >= 0.6 is 0 Å². The quantitative estimate of drug-likeness (QED) is 0.234. The highest BCUT2D eigenvalue weighted by molar-refractivity contribution is 5.85. The van der Waals surface area contributed by atoms with Gasteiger partial charge in [0, 0.05) is 0 Å². The van der Waals surface area contributed by atoms with Crippen molar-refractivity contribution in [1.82, 2.24) is 5.32 Å². The van der Waals surface area contributed by atoms with E-state index in [1.165, 1.54) is 5.57 Å². The summed E-state index contributed by atoms with van der Waals surface area (Å²) in [7, 11) is 0. The van der Waals surface area contributed by atoms with Gasteiger partial charge >= 0.3 is 0 Å². The summed E-state index contributed by atoms with van der Waals surface area (Å²) in [4.78, 5) is 14.5. The van der Waals surface area contributed by atoms with Crippen molar-refractivity contribution in [2.75, 3.05) is 6.61 Å². The molecule has 45 heavy (non-hydrogen) atoms. The largest absolute Gasteiger partial charge is 0.394 e. The predicted molar refractivity (Wildman–Crippen MR) is 168 cm³/mol. The van der Waals surface area contributed by atoms with Crippen LogP contribution in [0.2, 0.25) is 0 Å². The van der Waals surface area contributed by atoms with Gasteiger partial charge in [0.05, 0.1) is 24.2 Å². The second-order valence-corrected chi connectivity index (χ2v) is 18.1. The molecular weight excluding hydrogens is 574 g/mol. The molecule has 1 saturated heterocycles. The third-order valence-corrected chi connectivity index (χ3v) is 15.3. The van der Waals surface area contributed by atoms with Crippen LogP contribution in [0.25, 0.3) is 0 Å². The first-order valence-electron chi connectivity index (χ1n) is 17.5. The molecule has 5 aliphatic carbocycles. The van der Waals surface area contributed by atoms with Gasteiger partial charge in [0.1, 0.15) is 24.4 Å². The van der Waals surface area contributed by atoms with E-state index in [0.29, 0.717) is 24.7 Å². The number of allylic oxidation sites excluding steroid dienone is 2. The summed E-state index contributed by atoms with van der Waals surface area (Å²) in [5, 5.41) is 67.4. The number of aliphatic hydroxyl groups is 6. The lowest BCUT2D eigenvalue weighted by molar-refractivity contribution is -0.240. The van der Waals surface area contributed by atoms with E-state index in [9.17, 15) is 35.4 Å². The van der Waals surface area contributed by atoms with Gasteiger partial charge in [-0.3, -0.25) is 4.79 Å². The number of hydrogen-bond donors (Lipinski definition) is 7. The van der Waals surface area contributed by atoms with Crippen LogP contribution in [0.3, 0.4) is 0 Å². The molecule has 6 rings (SSSR count). The fourth-order valence-corrected chi connectivity index (χ4v) is 12.2. The third-order valence-electron chi connectivity index (χ3n) is 15.3. The number of amides is 1. The van der Waals surface area contributed by atoms with Crippen molar-refractivity contribution in [1.29, 1.82) is 0 Å². The number of hydrogen-bond acceptors (Lipinski definition) is 8. The number of carbonyl (C=O) groups is 1. The fourth-order valence-electron chi connectivity index (χ4n) is 12.2. The van der Waals surface area contributed by atoms with Crippen LogP contribution in [0.5, 0.6) is 0 Å². The van der Waals surface area contributed by atoms with E-state index in [4.69, 9.17) is 4.74 Å². The number of nitrogens with one attached hydrogen (secondary N) is 1. The van der Waals surface area contributed by atoms with Crippen LogP contribution in [-0.2, 0) is 9.53 Å². The average Bonchev–Trinajstić information content (AvgIpc) is 2.95. The molecule has 1 aliphatic heterocycles. The number of rotatable bonds is 3. The van der Waals surface area contributed by atoms with Gasteiger partial charge in [0.2, 0.25) is 5.91 Å². The summed E-state index contributed by atoms with van der Waals surface area (Å²) >= 11 is 0. The smallest absolute Gasteiger partial charge is 0.231 e. The standard InChI is InChI=1S/C36H59NO8/c1-31(2)14-15-36(30(44)37-29-28(43)27(42)26(41)21(18-38)45-29)20(16-31)19-8-9-23-33(5)12-11-24(39)32(3,4)22(33)10-13-34(23,6)35(19,7)17-25(36)40/h8,20-29,38-43H,9-18H2,1-7H3,(H,37,44)/t20-,21-,22?,23+,24-,25?,26+,27+,28-,29-,33-,34+,35+,36+/m0/s1. The van der Waals surface area contributed by atoms with E-state index in [-0.39, 0.29) is 39.1 Å². The number of aliphatic hydroxyl groups excluding tert-OH is 6. The van der Waals surface area contributed by atoms with E-state index in [0.717, 1.165) is 44.9 Å². The van der Waals surface area contributed by atoms with E-state index >= 15 is 0 Å². The Balaban J connectivity index is 1.38. The molecule has 1 heterocycles. The Hall–Kier alpha value is -1.07. The summed E-state index contributed by atoms with van der Waals surface area (Å²) in [5.41, 5.74) is -0.413. The molecule has 0 bridgehead atoms. The molecule has 7 N–H and O–H groups in total. The molecule has 9 nitrogen and oxygen atoms in total. The van der Waals surface area contributed by atoms with Crippen molar-refractivity contribution >= 4 is 5.91 Å². The van der Waals surface area contributed by atoms with Gasteiger partial charge in [0.15, 0.2) is 6.23 Å². The van der Waals surface area contributed by atoms with E-state index < -0.39 is 54.7 Å². The summed E-state index contributed by atoms with van der Waals surface area (Å²) in [6, 6.07) is 0. The minimum absolute atomic E-state index is 0.0404. The monoisotopic (exact) mass is 633 g/mol. The Morgan fingerprint density at radius 2 is 1.53 bits per heavy atom. The van der Waals surface area contributed by atoms with Gasteiger partial charge in [-0.15, -0.1) is 0 Å². The first-order chi connectivity index (χ1) is 20.8. The van der Waals surface area contributed by atoms with Crippen molar-refractivity contribution in [2.45, 2.75) is 149 Å². The van der Waals surface area contributed by atoms with Crippen molar-refractivity contribution < 1.29 is 40.2 Å². The zero-order chi connectivity index (χ0) is 33.1. The van der Waals surface area contributed by atoms with Gasteiger partial charge in [-0.25, -0.2) is 0 Å². The summed E-state index contributed by atoms with van der Waals surface area (Å²) in [5.74, 6) is 0.181. The van der Waals surface area contributed by atoms with Crippen molar-refractivity contribution in [3.8, 4) is 0 Å². The minimum Gasteiger partial charge on any atom is -0.394 e. The van der Waals surface area contributed by atoms with Crippen LogP contribution < -0.4 is 5.32 Å². The number of fused-ring (bicyclic) bond motifs is 7. The van der Waals surface area contributed by atoms with Gasteiger partial charge in [-0.1, -0.05) is 60.1 Å². The highest BCUT2D eigenvalue weighted by Crippen LogP contribution is 2.75. The van der Waals surface area contributed by atoms with Crippen molar-refractivity contribution in [2.24, 2.45) is 50.2 Å². The first-order valence-corrected chi connectivity index (χ1v) is 17.5. The van der Waals surface area contributed by atoms with Gasteiger partial charge < -0.3 is 40.7 Å². The molecule has 0 aromatic heterocycles. The maximum atomic E-state index is 14.5. The molecule has 256 valence electrons. The molecule has 14 atom stereocenters. The molecule has 9 heteroatoms. The zero-order valence-corrected chi connectivity index (χ0v) is 28.4. The van der Waals surface area contributed by atoms with E-state index in [1.54, 1.807) is 0 Å². The second-order valence-electron chi connectivity index (χ2n) is 18.1. The van der Waals surface area contributed by atoms with Crippen molar-refractivity contribution in [3.05, 3.63) is 11.6 Å². The lowest BCUT2D eigenvalue weighted by Gasteiger charge is -2.71. The molecule has 1 amide bonds. The van der Waals surface area contributed by atoms with Crippen molar-refractivity contribution in [3.63, 3.8) is 0 Å². The summed E-state index contributed by atoms with van der Waals surface area (Å²) < 4.78 is 5.69. The molecular formula is C36H59NO8. The molecule has 5 fully saturated rings. The minimum atomic E-state index is -1.60. The van der Waals surface area contributed by atoms with Crippen LogP contribution in [0.4, 0.5) is 0 Å². The predicted octanol–water partition coefficient (Wildman–Crippen LogP) is 3.04. The van der Waals surface area contributed by atoms with Crippen LogP contribution in [0.1, 0.15) is 106 Å². The van der Waals surface area contributed by atoms with Gasteiger partial charge in [-0.05, 0) is 103 Å². The second kappa shape index (κ2) is 10.7. The SMILES string of the molecule is CC1(C)CC[C@]2(C(=O)N[C@H]3O[C@@H](CO)[C@@H](O)[C@@H](O)[C@@H]3O)C(O)C[C@]3(C)C(=CC[C@@H]4[C@@]5(C)CC[C@H](O)C(C)(C)C5CC[C@]43C)[C@@H]2C1. The zero-order valence-electron chi connectivity index (χ0n) is 28.4. The Labute approximate surface area is 268 Å². The van der Waals surface area contributed by atoms with Crippen LogP contribution in [0, 0.1) is 50.2 Å².